The van der Waals surface area contributed by atoms with Gasteiger partial charge in [-0.2, -0.15) is 0 Å². The van der Waals surface area contributed by atoms with Crippen LogP contribution < -0.4 is 4.74 Å². The van der Waals surface area contributed by atoms with Crippen molar-refractivity contribution in [3.63, 3.8) is 0 Å². The number of nitrogens with zero attached hydrogens (tertiary/aromatic N) is 3. The SMILES string of the molecule is COc1ccc(-c2ccc3cc(-c4c(-c5ccccc5)c5sc(C(=O)O)cc5n4Cc4ccncc4)ccc3n2)cc1. The van der Waals surface area contributed by atoms with Crippen LogP contribution in [0.1, 0.15) is 15.2 Å². The summed E-state index contributed by atoms with van der Waals surface area (Å²) in [6, 6.07) is 34.4. The molecule has 0 saturated heterocycles. The zero-order valence-electron chi connectivity index (χ0n) is 22.7. The van der Waals surface area contributed by atoms with Crippen LogP contribution in [0.5, 0.6) is 5.75 Å². The number of aromatic nitrogens is 3. The minimum Gasteiger partial charge on any atom is -0.497 e. The molecule has 0 radical (unpaired) electrons. The fourth-order valence-corrected chi connectivity index (χ4v) is 6.50. The van der Waals surface area contributed by atoms with Gasteiger partial charge >= 0.3 is 5.97 Å². The molecule has 0 aliphatic rings. The molecule has 0 aliphatic heterocycles. The van der Waals surface area contributed by atoms with E-state index >= 15 is 0 Å². The first-order chi connectivity index (χ1) is 20.6. The standard InChI is InChI=1S/C35H25N3O3S/c1-41-27-11-7-23(8-12-27)28-13-9-25-19-26(10-14-29(25)37-28)33-32(24-5-3-2-4-6-24)34-30(20-31(42-34)35(39)40)38(33)21-22-15-17-36-18-16-22/h2-20H,21H2,1H3,(H,39,40). The Bertz CT molecular complexity index is 2060. The van der Waals surface area contributed by atoms with E-state index in [9.17, 15) is 9.90 Å². The largest absolute Gasteiger partial charge is 0.497 e. The van der Waals surface area contributed by atoms with E-state index < -0.39 is 5.97 Å². The number of carbonyl (C=O) groups is 1. The molecule has 0 unspecified atom stereocenters. The number of methoxy groups -OCH3 is 1. The molecule has 7 aromatic rings. The normalized spacial score (nSPS) is 11.3. The summed E-state index contributed by atoms with van der Waals surface area (Å²) in [6.45, 7) is 0.573. The quantitative estimate of drug-likeness (QED) is 0.209. The summed E-state index contributed by atoms with van der Waals surface area (Å²) in [7, 11) is 1.66. The highest BCUT2D eigenvalue weighted by molar-refractivity contribution is 7.21. The fraction of sp³-hybridized carbons (Fsp3) is 0.0571. The molecule has 4 aromatic heterocycles. The van der Waals surface area contributed by atoms with Crippen molar-refractivity contribution < 1.29 is 14.6 Å². The van der Waals surface area contributed by atoms with Gasteiger partial charge in [0.25, 0.3) is 0 Å². The summed E-state index contributed by atoms with van der Waals surface area (Å²) in [5.74, 6) is -0.111. The zero-order chi connectivity index (χ0) is 28.6. The van der Waals surface area contributed by atoms with Gasteiger partial charge < -0.3 is 14.4 Å². The maximum atomic E-state index is 12.0. The molecule has 204 valence electrons. The summed E-state index contributed by atoms with van der Waals surface area (Å²) in [4.78, 5) is 21.5. The van der Waals surface area contributed by atoms with Gasteiger partial charge in [-0.15, -0.1) is 11.3 Å². The van der Waals surface area contributed by atoms with E-state index in [1.165, 1.54) is 11.3 Å². The molecule has 0 bridgehead atoms. The molecule has 3 aromatic carbocycles. The molecule has 0 atom stereocenters. The number of hydrogen-bond donors (Lipinski definition) is 1. The molecule has 0 saturated carbocycles. The lowest BCUT2D eigenvalue weighted by Gasteiger charge is -2.14. The number of fused-ring (bicyclic) bond motifs is 2. The van der Waals surface area contributed by atoms with Gasteiger partial charge in [0.2, 0.25) is 0 Å². The lowest BCUT2D eigenvalue weighted by Crippen LogP contribution is -2.03. The highest BCUT2D eigenvalue weighted by Crippen LogP contribution is 2.45. The highest BCUT2D eigenvalue weighted by Gasteiger charge is 2.24. The first kappa shape index (κ1) is 25.7. The molecule has 42 heavy (non-hydrogen) atoms. The van der Waals surface area contributed by atoms with Crippen molar-refractivity contribution in [3.8, 4) is 39.4 Å². The molecule has 1 N–H and O–H groups in total. The lowest BCUT2D eigenvalue weighted by atomic mass is 9.99. The summed E-state index contributed by atoms with van der Waals surface area (Å²) < 4.78 is 8.49. The molecule has 4 heterocycles. The maximum Gasteiger partial charge on any atom is 0.345 e. The molecule has 0 aliphatic carbocycles. The number of carboxylic acid groups (broad SMARTS) is 1. The van der Waals surface area contributed by atoms with Crippen molar-refractivity contribution >= 4 is 38.4 Å². The van der Waals surface area contributed by atoms with Crippen LogP contribution in [0.15, 0.2) is 116 Å². The van der Waals surface area contributed by atoms with Crippen LogP contribution in [0.3, 0.4) is 0 Å². The second-order valence-electron chi connectivity index (χ2n) is 9.99. The van der Waals surface area contributed by atoms with E-state index in [1.807, 2.05) is 60.7 Å². The third-order valence-electron chi connectivity index (χ3n) is 7.45. The van der Waals surface area contributed by atoms with Gasteiger partial charge in [0.15, 0.2) is 0 Å². The predicted molar refractivity (Wildman–Crippen MR) is 168 cm³/mol. The summed E-state index contributed by atoms with van der Waals surface area (Å²) >= 11 is 1.32. The number of hydrogen-bond acceptors (Lipinski definition) is 5. The van der Waals surface area contributed by atoms with Crippen molar-refractivity contribution in [2.24, 2.45) is 0 Å². The second kappa shape index (κ2) is 10.6. The van der Waals surface area contributed by atoms with E-state index in [0.29, 0.717) is 11.4 Å². The Morgan fingerprint density at radius 3 is 2.36 bits per heavy atom. The van der Waals surface area contributed by atoms with Crippen molar-refractivity contribution in [3.05, 3.63) is 126 Å². The Kier molecular flexibility index (Phi) is 6.49. The van der Waals surface area contributed by atoms with Crippen LogP contribution in [0.2, 0.25) is 0 Å². The Morgan fingerprint density at radius 2 is 1.62 bits per heavy atom. The Morgan fingerprint density at radius 1 is 0.857 bits per heavy atom. The summed E-state index contributed by atoms with van der Waals surface area (Å²) in [5, 5.41) is 10.9. The number of ether oxygens (including phenoxy) is 1. The van der Waals surface area contributed by atoms with Gasteiger partial charge in [0.1, 0.15) is 10.6 Å². The monoisotopic (exact) mass is 567 g/mol. The van der Waals surface area contributed by atoms with Gasteiger partial charge in [-0.3, -0.25) is 4.98 Å². The van der Waals surface area contributed by atoms with Crippen LogP contribution in [0, 0.1) is 0 Å². The van der Waals surface area contributed by atoms with Gasteiger partial charge in [-0.25, -0.2) is 9.78 Å². The second-order valence-corrected chi connectivity index (χ2v) is 11.0. The smallest absolute Gasteiger partial charge is 0.345 e. The third kappa shape index (κ3) is 4.60. The molecular weight excluding hydrogens is 542 g/mol. The van der Waals surface area contributed by atoms with E-state index in [4.69, 9.17) is 9.72 Å². The van der Waals surface area contributed by atoms with Crippen molar-refractivity contribution in [2.45, 2.75) is 6.54 Å². The van der Waals surface area contributed by atoms with Gasteiger partial charge in [0.05, 0.1) is 34.2 Å². The number of carboxylic acids is 1. The predicted octanol–water partition coefficient (Wildman–Crippen LogP) is 8.40. The van der Waals surface area contributed by atoms with Crippen LogP contribution in [-0.2, 0) is 6.54 Å². The van der Waals surface area contributed by atoms with E-state index in [2.05, 4.69) is 45.9 Å². The minimum absolute atomic E-state index is 0.320. The number of benzene rings is 3. The number of thiophene rings is 1. The van der Waals surface area contributed by atoms with Gasteiger partial charge in [0, 0.05) is 35.5 Å². The molecule has 0 spiro atoms. The minimum atomic E-state index is -0.920. The summed E-state index contributed by atoms with van der Waals surface area (Å²) in [6.07, 6.45) is 3.57. The first-order valence-electron chi connectivity index (χ1n) is 13.5. The van der Waals surface area contributed by atoms with Crippen LogP contribution >= 0.6 is 11.3 Å². The Balaban J connectivity index is 1.43. The fourth-order valence-electron chi connectivity index (χ4n) is 5.43. The summed E-state index contributed by atoms with van der Waals surface area (Å²) in [5.41, 5.74) is 8.94. The van der Waals surface area contributed by atoms with Gasteiger partial charge in [-0.05, 0) is 77.4 Å². The zero-order valence-corrected chi connectivity index (χ0v) is 23.5. The van der Waals surface area contributed by atoms with Gasteiger partial charge in [-0.1, -0.05) is 42.5 Å². The maximum absolute atomic E-state index is 12.0. The van der Waals surface area contributed by atoms with Crippen LogP contribution in [-0.4, -0.2) is 32.7 Å². The Labute approximate surface area is 246 Å². The highest BCUT2D eigenvalue weighted by atomic mass is 32.1. The van der Waals surface area contributed by atoms with E-state index in [0.717, 1.165) is 66.1 Å². The van der Waals surface area contributed by atoms with Crippen LogP contribution in [0.25, 0.3) is 54.8 Å². The first-order valence-corrected chi connectivity index (χ1v) is 14.3. The van der Waals surface area contributed by atoms with E-state index in [-0.39, 0.29) is 0 Å². The molecule has 7 rings (SSSR count). The average Bonchev–Trinajstić information content (AvgIpc) is 3.60. The van der Waals surface area contributed by atoms with Crippen molar-refractivity contribution in [1.29, 1.82) is 0 Å². The van der Waals surface area contributed by atoms with Crippen LogP contribution in [0.4, 0.5) is 0 Å². The molecule has 6 nitrogen and oxygen atoms in total. The molecule has 7 heteroatoms. The van der Waals surface area contributed by atoms with E-state index in [1.54, 1.807) is 25.6 Å². The molecule has 0 fully saturated rings. The molecular formula is C35H25N3O3S. The number of aromatic carboxylic acids is 1. The number of rotatable bonds is 7. The van der Waals surface area contributed by atoms with Crippen molar-refractivity contribution in [2.75, 3.05) is 7.11 Å². The Hall–Kier alpha value is -5.27. The molecule has 0 amide bonds. The third-order valence-corrected chi connectivity index (χ3v) is 8.58. The lowest BCUT2D eigenvalue weighted by molar-refractivity contribution is 0.0702. The number of pyridine rings is 2. The average molecular weight is 568 g/mol. The van der Waals surface area contributed by atoms with Crippen molar-refractivity contribution in [1.82, 2.24) is 14.5 Å². The topological polar surface area (TPSA) is 77.2 Å².